The maximum absolute atomic E-state index is 13.4. The highest BCUT2D eigenvalue weighted by Gasteiger charge is 2.48. The summed E-state index contributed by atoms with van der Waals surface area (Å²) in [6.07, 6.45) is 0.845. The fourth-order valence-electron chi connectivity index (χ4n) is 4.15. The fraction of sp³-hybridized carbons (Fsp3) is 0.259. The molecule has 0 spiro atoms. The number of amides is 1. The number of aliphatic hydroxyl groups excluding tert-OH is 1. The first kappa shape index (κ1) is 26.4. The zero-order chi connectivity index (χ0) is 26.9. The van der Waals surface area contributed by atoms with Gasteiger partial charge in [-0.3, -0.25) is 14.5 Å². The molecule has 1 amide bonds. The number of nitrogens with zero attached hydrogens (tertiary/aromatic N) is 2. The van der Waals surface area contributed by atoms with Gasteiger partial charge in [-0.15, -0.1) is 0 Å². The van der Waals surface area contributed by atoms with Gasteiger partial charge in [0, 0.05) is 10.6 Å². The minimum Gasteiger partial charge on any atom is -0.507 e. The Bertz CT molecular complexity index is 1430. The van der Waals surface area contributed by atoms with Crippen molar-refractivity contribution in [2.45, 2.75) is 33.2 Å². The van der Waals surface area contributed by atoms with Crippen molar-refractivity contribution in [1.29, 1.82) is 0 Å². The SMILES string of the molecule is CCCOc1ccc(C(O)=C2C(=O)C(=O)N(c3nc(C)c(C(=O)OC)s3)C2c2cccc(Cl)c2)c(C)c1. The van der Waals surface area contributed by atoms with E-state index in [1.54, 1.807) is 56.3 Å². The largest absolute Gasteiger partial charge is 0.507 e. The van der Waals surface area contributed by atoms with Gasteiger partial charge in [0.05, 0.1) is 31.0 Å². The van der Waals surface area contributed by atoms with Crippen LogP contribution >= 0.6 is 22.9 Å². The third-order valence-corrected chi connectivity index (χ3v) is 7.27. The van der Waals surface area contributed by atoms with Crippen molar-refractivity contribution in [3.05, 3.63) is 80.3 Å². The maximum Gasteiger partial charge on any atom is 0.350 e. The third-order valence-electron chi connectivity index (χ3n) is 5.90. The van der Waals surface area contributed by atoms with Crippen molar-refractivity contribution >= 4 is 51.5 Å². The molecule has 1 saturated heterocycles. The summed E-state index contributed by atoms with van der Waals surface area (Å²) >= 11 is 7.19. The molecule has 1 N–H and O–H groups in total. The number of Topliss-reactive ketones (excluding diaryl/α,β-unsaturated/α-hetero) is 1. The van der Waals surface area contributed by atoms with Gasteiger partial charge in [0.25, 0.3) is 5.78 Å². The van der Waals surface area contributed by atoms with Crippen LogP contribution in [0, 0.1) is 13.8 Å². The summed E-state index contributed by atoms with van der Waals surface area (Å²) in [6.45, 7) is 5.94. The molecule has 37 heavy (non-hydrogen) atoms. The average molecular weight is 541 g/mol. The topological polar surface area (TPSA) is 106 Å². The summed E-state index contributed by atoms with van der Waals surface area (Å²) in [5, 5.41) is 11.9. The molecule has 0 saturated carbocycles. The van der Waals surface area contributed by atoms with Gasteiger partial charge in [0.1, 0.15) is 16.4 Å². The van der Waals surface area contributed by atoms with E-state index in [1.807, 2.05) is 6.92 Å². The van der Waals surface area contributed by atoms with Crippen molar-refractivity contribution in [3.8, 4) is 5.75 Å². The maximum atomic E-state index is 13.4. The highest BCUT2D eigenvalue weighted by molar-refractivity contribution is 7.17. The molecule has 192 valence electrons. The Morgan fingerprint density at radius 2 is 1.95 bits per heavy atom. The van der Waals surface area contributed by atoms with Crippen LogP contribution in [0.25, 0.3) is 5.76 Å². The van der Waals surface area contributed by atoms with Gasteiger partial charge >= 0.3 is 11.9 Å². The van der Waals surface area contributed by atoms with Crippen LogP contribution in [-0.4, -0.2) is 41.5 Å². The van der Waals surface area contributed by atoms with E-state index in [0.29, 0.717) is 39.8 Å². The number of ether oxygens (including phenoxy) is 2. The van der Waals surface area contributed by atoms with Crippen molar-refractivity contribution in [2.24, 2.45) is 0 Å². The molecule has 8 nitrogen and oxygen atoms in total. The normalized spacial score (nSPS) is 16.8. The lowest BCUT2D eigenvalue weighted by molar-refractivity contribution is -0.132. The number of rotatable bonds is 7. The molecule has 10 heteroatoms. The number of thiazole rings is 1. The number of halogens is 1. The summed E-state index contributed by atoms with van der Waals surface area (Å²) < 4.78 is 10.5. The quantitative estimate of drug-likeness (QED) is 0.179. The second kappa shape index (κ2) is 10.7. The molecule has 2 heterocycles. The summed E-state index contributed by atoms with van der Waals surface area (Å²) in [5.74, 6) is -2.04. The van der Waals surface area contributed by atoms with Crippen LogP contribution in [0.1, 0.15) is 51.4 Å². The van der Waals surface area contributed by atoms with Gasteiger partial charge < -0.3 is 14.6 Å². The van der Waals surface area contributed by atoms with Crippen LogP contribution in [-0.2, 0) is 14.3 Å². The van der Waals surface area contributed by atoms with E-state index in [2.05, 4.69) is 4.98 Å². The zero-order valence-corrected chi connectivity index (χ0v) is 22.3. The Hall–Kier alpha value is -3.69. The molecule has 3 aromatic rings. The van der Waals surface area contributed by atoms with Gasteiger partial charge in [-0.2, -0.15) is 0 Å². The first-order chi connectivity index (χ1) is 17.7. The Labute approximate surface area is 223 Å². The van der Waals surface area contributed by atoms with Gasteiger partial charge in [-0.1, -0.05) is 42.0 Å². The molecule has 4 rings (SSSR count). The van der Waals surface area contributed by atoms with E-state index in [4.69, 9.17) is 21.1 Å². The Morgan fingerprint density at radius 3 is 2.59 bits per heavy atom. The predicted molar refractivity (Wildman–Crippen MR) is 141 cm³/mol. The van der Waals surface area contributed by atoms with E-state index >= 15 is 0 Å². The second-order valence-electron chi connectivity index (χ2n) is 8.45. The summed E-state index contributed by atoms with van der Waals surface area (Å²) in [6, 6.07) is 10.8. The molecular weight excluding hydrogens is 516 g/mol. The number of hydrogen-bond donors (Lipinski definition) is 1. The van der Waals surface area contributed by atoms with E-state index in [-0.39, 0.29) is 21.3 Å². The van der Waals surface area contributed by atoms with Gasteiger partial charge in [0.15, 0.2) is 5.13 Å². The van der Waals surface area contributed by atoms with E-state index in [1.165, 1.54) is 12.0 Å². The lowest BCUT2D eigenvalue weighted by Crippen LogP contribution is -2.29. The van der Waals surface area contributed by atoms with Crippen molar-refractivity contribution in [1.82, 2.24) is 4.98 Å². The Morgan fingerprint density at radius 1 is 1.19 bits per heavy atom. The van der Waals surface area contributed by atoms with Crippen LogP contribution in [0.15, 0.2) is 48.0 Å². The third kappa shape index (κ3) is 4.97. The lowest BCUT2D eigenvalue weighted by atomic mass is 9.94. The molecule has 0 bridgehead atoms. The highest BCUT2D eigenvalue weighted by Crippen LogP contribution is 2.44. The van der Waals surface area contributed by atoms with Crippen molar-refractivity contribution < 1.29 is 29.0 Å². The molecule has 1 unspecified atom stereocenters. The number of esters is 1. The van der Waals surface area contributed by atoms with Crippen LogP contribution in [0.4, 0.5) is 5.13 Å². The monoisotopic (exact) mass is 540 g/mol. The number of aromatic nitrogens is 1. The summed E-state index contributed by atoms with van der Waals surface area (Å²) in [4.78, 5) is 44.7. The second-order valence-corrected chi connectivity index (χ2v) is 9.87. The number of carbonyl (C=O) groups is 3. The average Bonchev–Trinajstić information content (AvgIpc) is 3.38. The first-order valence-electron chi connectivity index (χ1n) is 11.5. The molecule has 2 aromatic carbocycles. The van der Waals surface area contributed by atoms with Gasteiger partial charge in [0.2, 0.25) is 0 Å². The van der Waals surface area contributed by atoms with Gasteiger partial charge in [-0.25, -0.2) is 9.78 Å². The number of aliphatic hydroxyl groups is 1. The number of hydrogen-bond acceptors (Lipinski definition) is 8. The van der Waals surface area contributed by atoms with Crippen molar-refractivity contribution in [3.63, 3.8) is 0 Å². The van der Waals surface area contributed by atoms with Gasteiger partial charge in [-0.05, 0) is 61.7 Å². The molecule has 0 radical (unpaired) electrons. The minimum atomic E-state index is -1.02. The molecule has 0 aliphatic carbocycles. The molecule has 1 aromatic heterocycles. The number of aryl methyl sites for hydroxylation is 2. The van der Waals surface area contributed by atoms with Crippen LogP contribution < -0.4 is 9.64 Å². The Balaban J connectivity index is 1.90. The molecule has 1 aliphatic heterocycles. The molecule has 1 fully saturated rings. The van der Waals surface area contributed by atoms with E-state index in [9.17, 15) is 19.5 Å². The Kier molecular flexibility index (Phi) is 7.65. The van der Waals surface area contributed by atoms with E-state index < -0.39 is 23.7 Å². The highest BCUT2D eigenvalue weighted by atomic mass is 35.5. The van der Waals surface area contributed by atoms with Crippen LogP contribution in [0.5, 0.6) is 5.75 Å². The minimum absolute atomic E-state index is 0.106. The van der Waals surface area contributed by atoms with E-state index in [0.717, 1.165) is 17.8 Å². The first-order valence-corrected chi connectivity index (χ1v) is 12.7. The number of ketones is 1. The van der Waals surface area contributed by atoms with Crippen molar-refractivity contribution in [2.75, 3.05) is 18.6 Å². The molecule has 1 atom stereocenters. The lowest BCUT2D eigenvalue weighted by Gasteiger charge is -2.23. The summed E-state index contributed by atoms with van der Waals surface area (Å²) in [5.41, 5.74) is 1.81. The number of anilines is 1. The van der Waals surface area contributed by atoms with Crippen LogP contribution in [0.2, 0.25) is 5.02 Å². The number of carbonyl (C=O) groups excluding carboxylic acids is 3. The summed E-state index contributed by atoms with van der Waals surface area (Å²) in [7, 11) is 1.25. The molecular formula is C27H25ClN2O6S. The fourth-order valence-corrected chi connectivity index (χ4v) is 5.36. The number of methoxy groups -OCH3 is 1. The smallest absolute Gasteiger partial charge is 0.350 e. The standard InChI is InChI=1S/C27H25ClN2O6S/c1-5-11-36-18-9-10-19(14(2)12-18)22(31)20-21(16-7-6-8-17(28)13-16)30(25(33)23(20)32)27-29-15(3)24(37-27)26(34)35-4/h6-10,12-13,21,31H,5,11H2,1-4H3. The predicted octanol–water partition coefficient (Wildman–Crippen LogP) is 5.62. The molecule has 1 aliphatic rings. The number of benzene rings is 2. The zero-order valence-electron chi connectivity index (χ0n) is 20.7. The van der Waals surface area contributed by atoms with Crippen LogP contribution in [0.3, 0.4) is 0 Å².